The molecule has 6 heteroatoms. The average molecular weight is 320 g/mol. The van der Waals surface area contributed by atoms with Crippen LogP contribution in [0.5, 0.6) is 0 Å². The van der Waals surface area contributed by atoms with Gasteiger partial charge in [0.15, 0.2) is 0 Å². The van der Waals surface area contributed by atoms with E-state index in [1.165, 1.54) is 18.2 Å². The first-order valence-electron chi connectivity index (χ1n) is 6.59. The monoisotopic (exact) mass is 319 g/mol. The number of carbonyl (C=O) groups excluding carboxylic acids is 2. The summed E-state index contributed by atoms with van der Waals surface area (Å²) in [6.07, 6.45) is -0.628. The molecule has 0 radical (unpaired) electrons. The summed E-state index contributed by atoms with van der Waals surface area (Å²) in [6.45, 7) is 0. The number of nitrogens with one attached hydrogen (secondary N) is 1. The zero-order chi connectivity index (χ0) is 15.7. The van der Waals surface area contributed by atoms with Crippen molar-refractivity contribution in [3.63, 3.8) is 0 Å². The van der Waals surface area contributed by atoms with Crippen LogP contribution in [0.1, 0.15) is 28.4 Å². The van der Waals surface area contributed by atoms with E-state index < -0.39 is 17.9 Å². The van der Waals surface area contributed by atoms with Gasteiger partial charge in [0, 0.05) is 11.3 Å². The third-order valence-corrected chi connectivity index (χ3v) is 3.64. The maximum Gasteiger partial charge on any atom is 0.339 e. The fourth-order valence-electron chi connectivity index (χ4n) is 2.33. The maximum atomic E-state index is 13.1. The molecule has 1 unspecified atom stereocenters. The number of rotatable bonds is 3. The quantitative estimate of drug-likeness (QED) is 0.877. The lowest BCUT2D eigenvalue weighted by Gasteiger charge is -2.11. The Kier molecular flexibility index (Phi) is 3.81. The summed E-state index contributed by atoms with van der Waals surface area (Å²) in [6, 6.07) is 10.8. The Hall–Kier alpha value is -2.40. The topological polar surface area (TPSA) is 55.4 Å². The predicted molar refractivity (Wildman–Crippen MR) is 79.3 cm³/mol. The second-order valence-electron chi connectivity index (χ2n) is 4.86. The Morgan fingerprint density at radius 3 is 2.82 bits per heavy atom. The molecule has 0 aromatic heterocycles. The molecule has 3 rings (SSSR count). The molecule has 22 heavy (non-hydrogen) atoms. The molecule has 1 aliphatic heterocycles. The molecule has 112 valence electrons. The van der Waals surface area contributed by atoms with Gasteiger partial charge in [0.05, 0.1) is 17.0 Å². The number of benzene rings is 2. The van der Waals surface area contributed by atoms with E-state index in [1.54, 1.807) is 24.3 Å². The molecule has 2 aromatic rings. The van der Waals surface area contributed by atoms with E-state index in [1.807, 2.05) is 0 Å². The average Bonchev–Trinajstić information content (AvgIpc) is 2.80. The van der Waals surface area contributed by atoms with Crippen LogP contribution in [0, 0.1) is 5.82 Å². The number of esters is 1. The predicted octanol–water partition coefficient (Wildman–Crippen LogP) is 3.72. The molecule has 0 saturated carbocycles. The highest BCUT2D eigenvalue weighted by molar-refractivity contribution is 6.31. The van der Waals surface area contributed by atoms with Gasteiger partial charge in [-0.15, -0.1) is 0 Å². The molecule has 0 bridgehead atoms. The molecule has 0 fully saturated rings. The van der Waals surface area contributed by atoms with Crippen molar-refractivity contribution in [2.24, 2.45) is 0 Å². The number of anilines is 1. The van der Waals surface area contributed by atoms with Gasteiger partial charge in [-0.05, 0) is 24.3 Å². The minimum absolute atomic E-state index is 0.0161. The summed E-state index contributed by atoms with van der Waals surface area (Å²) in [5.74, 6) is -1.34. The van der Waals surface area contributed by atoms with Gasteiger partial charge in [-0.3, -0.25) is 4.79 Å². The Morgan fingerprint density at radius 1 is 1.27 bits per heavy atom. The van der Waals surface area contributed by atoms with E-state index in [0.717, 1.165) is 0 Å². The van der Waals surface area contributed by atoms with Gasteiger partial charge in [-0.2, -0.15) is 0 Å². The van der Waals surface area contributed by atoms with Crippen molar-refractivity contribution in [3.05, 3.63) is 64.4 Å². The molecule has 1 aliphatic rings. The molecule has 0 aliphatic carbocycles. The van der Waals surface area contributed by atoms with Crippen LogP contribution in [0.25, 0.3) is 0 Å². The summed E-state index contributed by atoms with van der Waals surface area (Å²) in [5.41, 5.74) is 1.55. The molecule has 0 spiro atoms. The molecule has 4 nitrogen and oxygen atoms in total. The molecule has 1 amide bonds. The van der Waals surface area contributed by atoms with E-state index in [-0.39, 0.29) is 17.4 Å². The smallest absolute Gasteiger partial charge is 0.339 e. The van der Waals surface area contributed by atoms with Crippen LogP contribution in [0.3, 0.4) is 0 Å². The van der Waals surface area contributed by atoms with Gasteiger partial charge >= 0.3 is 5.97 Å². The normalized spacial score (nSPS) is 16.1. The van der Waals surface area contributed by atoms with Crippen LogP contribution in [-0.2, 0) is 9.53 Å². The Morgan fingerprint density at radius 2 is 2.05 bits per heavy atom. The Labute approximate surface area is 130 Å². The van der Waals surface area contributed by atoms with Crippen molar-refractivity contribution < 1.29 is 18.7 Å². The summed E-state index contributed by atoms with van der Waals surface area (Å²) in [5, 5.41) is 2.53. The lowest BCUT2D eigenvalue weighted by Crippen LogP contribution is -2.15. The van der Waals surface area contributed by atoms with E-state index in [4.69, 9.17) is 16.3 Å². The highest BCUT2D eigenvalue weighted by atomic mass is 35.5. The van der Waals surface area contributed by atoms with Gasteiger partial charge in [0.1, 0.15) is 11.9 Å². The van der Waals surface area contributed by atoms with Crippen LogP contribution >= 0.6 is 11.6 Å². The second kappa shape index (κ2) is 5.77. The molecular weight excluding hydrogens is 309 g/mol. The van der Waals surface area contributed by atoms with E-state index >= 15 is 0 Å². The van der Waals surface area contributed by atoms with Crippen molar-refractivity contribution >= 4 is 29.2 Å². The zero-order valence-corrected chi connectivity index (χ0v) is 12.1. The van der Waals surface area contributed by atoms with Crippen molar-refractivity contribution in [2.45, 2.75) is 12.5 Å². The van der Waals surface area contributed by atoms with Gasteiger partial charge < -0.3 is 10.1 Å². The fraction of sp³-hybridized carbons (Fsp3) is 0.125. The highest BCUT2D eigenvalue weighted by Crippen LogP contribution is 2.33. The number of carbonyl (C=O) groups is 2. The molecular formula is C16H11ClFNO3. The molecule has 1 atom stereocenters. The highest BCUT2D eigenvalue weighted by Gasteiger charge is 2.32. The van der Waals surface area contributed by atoms with Crippen molar-refractivity contribution in [2.75, 3.05) is 5.32 Å². The Bertz CT molecular complexity index is 763. The molecule has 0 saturated heterocycles. The minimum Gasteiger partial charge on any atom is -0.453 e. The lowest BCUT2D eigenvalue weighted by molar-refractivity contribution is -0.118. The standard InChI is InChI=1S/C16H11ClFNO3/c17-12-7-9(5-6-13(12)18)19-15(20)8-14-10-3-1-2-4-11(10)16(21)22-14/h1-7,14H,8H2,(H,19,20). The number of fused-ring (bicyclic) bond motifs is 1. The fourth-order valence-corrected chi connectivity index (χ4v) is 2.51. The van der Waals surface area contributed by atoms with Crippen molar-refractivity contribution in [1.82, 2.24) is 0 Å². The van der Waals surface area contributed by atoms with Gasteiger partial charge in [0.25, 0.3) is 0 Å². The van der Waals surface area contributed by atoms with Crippen LogP contribution in [0.4, 0.5) is 10.1 Å². The van der Waals surface area contributed by atoms with Gasteiger partial charge in [-0.1, -0.05) is 29.8 Å². The number of cyclic esters (lactones) is 1. The van der Waals surface area contributed by atoms with Gasteiger partial charge in [0.2, 0.25) is 5.91 Å². The first kappa shape index (κ1) is 14.5. The largest absolute Gasteiger partial charge is 0.453 e. The van der Waals surface area contributed by atoms with Crippen molar-refractivity contribution in [1.29, 1.82) is 0 Å². The van der Waals surface area contributed by atoms with E-state index in [2.05, 4.69) is 5.32 Å². The second-order valence-corrected chi connectivity index (χ2v) is 5.27. The SMILES string of the molecule is O=C(CC1OC(=O)c2ccccc21)Nc1ccc(F)c(Cl)c1. The van der Waals surface area contributed by atoms with E-state index in [9.17, 15) is 14.0 Å². The number of hydrogen-bond donors (Lipinski definition) is 1. The maximum absolute atomic E-state index is 13.1. The first-order chi connectivity index (χ1) is 10.5. The third-order valence-electron chi connectivity index (χ3n) is 3.35. The number of amides is 1. The molecule has 1 N–H and O–H groups in total. The Balaban J connectivity index is 1.70. The minimum atomic E-state index is -0.611. The van der Waals surface area contributed by atoms with E-state index in [0.29, 0.717) is 16.8 Å². The zero-order valence-electron chi connectivity index (χ0n) is 11.3. The third kappa shape index (κ3) is 2.80. The number of ether oxygens (including phenoxy) is 1. The van der Waals surface area contributed by atoms with Gasteiger partial charge in [-0.25, -0.2) is 9.18 Å². The summed E-state index contributed by atoms with van der Waals surface area (Å²) in [7, 11) is 0. The van der Waals surface area contributed by atoms with Crippen LogP contribution < -0.4 is 5.32 Å². The molecule has 1 heterocycles. The summed E-state index contributed by atoms with van der Waals surface area (Å²) < 4.78 is 18.3. The number of halogens is 2. The first-order valence-corrected chi connectivity index (χ1v) is 6.97. The number of hydrogen-bond acceptors (Lipinski definition) is 3. The van der Waals surface area contributed by atoms with Crippen LogP contribution in [0.15, 0.2) is 42.5 Å². The summed E-state index contributed by atoms with van der Waals surface area (Å²) in [4.78, 5) is 23.7. The molecule has 2 aromatic carbocycles. The van der Waals surface area contributed by atoms with Crippen LogP contribution in [-0.4, -0.2) is 11.9 Å². The van der Waals surface area contributed by atoms with Crippen LogP contribution in [0.2, 0.25) is 5.02 Å². The lowest BCUT2D eigenvalue weighted by atomic mass is 10.0. The van der Waals surface area contributed by atoms with Crippen molar-refractivity contribution in [3.8, 4) is 0 Å². The summed E-state index contributed by atoms with van der Waals surface area (Å²) >= 11 is 5.66.